The fourth-order valence-electron chi connectivity index (χ4n) is 6.30. The monoisotopic (exact) mass is 586 g/mol. The first kappa shape index (κ1) is 42.4. The lowest BCUT2D eigenvalue weighted by Crippen LogP contribution is -2.34. The zero-order valence-corrected chi connectivity index (χ0v) is 29.5. The number of unbranched alkanes of at least 4 members (excludes halogenated alkanes) is 28. The molecule has 0 radical (unpaired) electrons. The average Bonchev–Trinajstić information content (AvgIpc) is 2.93. The number of rotatable bonds is 34. The van der Waals surface area contributed by atoms with Crippen molar-refractivity contribution in [2.24, 2.45) is 0 Å². The summed E-state index contributed by atoms with van der Waals surface area (Å²) in [6.45, 7) is 9.43. The van der Waals surface area contributed by atoms with Crippen molar-refractivity contribution in [3.05, 3.63) is 0 Å². The highest BCUT2D eigenvalue weighted by atomic mass is 35.5. The summed E-state index contributed by atoms with van der Waals surface area (Å²) in [4.78, 5) is 0. The number of nitrogens with one attached hydrogen (secondary N) is 1. The first-order valence-corrected chi connectivity index (χ1v) is 19.0. The molecule has 0 saturated carbocycles. The van der Waals surface area contributed by atoms with Crippen molar-refractivity contribution in [1.82, 2.24) is 5.32 Å². The third kappa shape index (κ3) is 36.3. The molecule has 0 amide bonds. The van der Waals surface area contributed by atoms with E-state index in [0.29, 0.717) is 12.1 Å². The van der Waals surface area contributed by atoms with Crippen molar-refractivity contribution in [2.45, 2.75) is 245 Å². The quantitative estimate of drug-likeness (QED) is 0.0740. The van der Waals surface area contributed by atoms with Crippen LogP contribution in [0.25, 0.3) is 0 Å². The second kappa shape index (κ2) is 37.3. The van der Waals surface area contributed by atoms with Gasteiger partial charge in [0.25, 0.3) is 0 Å². The van der Waals surface area contributed by atoms with E-state index in [1.165, 1.54) is 205 Å². The molecule has 0 spiro atoms. The van der Waals surface area contributed by atoms with Crippen LogP contribution in [0.15, 0.2) is 0 Å². The Morgan fingerprint density at radius 2 is 0.475 bits per heavy atom. The van der Waals surface area contributed by atoms with Crippen molar-refractivity contribution in [3.63, 3.8) is 0 Å². The van der Waals surface area contributed by atoms with Gasteiger partial charge in [-0.05, 0) is 26.7 Å². The molecule has 40 heavy (non-hydrogen) atoms. The standard InChI is InChI=1S/C38H79N.ClH/c1-5-7-9-11-13-15-17-19-21-23-25-27-29-31-33-35-37(3)39-38(4)36-34-32-30-28-26-24-22-20-18-16-14-12-10-8-6-2;/h37-39H,5-36H2,1-4H3;1H. The van der Waals surface area contributed by atoms with Gasteiger partial charge in [0.05, 0.1) is 0 Å². The van der Waals surface area contributed by atoms with Crippen LogP contribution in [0.4, 0.5) is 0 Å². The highest BCUT2D eigenvalue weighted by Crippen LogP contribution is 2.16. The Bertz CT molecular complexity index is 388. The maximum atomic E-state index is 3.88. The van der Waals surface area contributed by atoms with Crippen molar-refractivity contribution in [3.8, 4) is 0 Å². The molecule has 0 aromatic heterocycles. The van der Waals surface area contributed by atoms with E-state index < -0.39 is 0 Å². The van der Waals surface area contributed by atoms with Gasteiger partial charge in [0.2, 0.25) is 0 Å². The normalized spacial score (nSPS) is 12.9. The van der Waals surface area contributed by atoms with E-state index in [1.54, 1.807) is 0 Å². The lowest BCUT2D eigenvalue weighted by Gasteiger charge is -2.20. The molecule has 0 heterocycles. The minimum absolute atomic E-state index is 0. The molecule has 1 nitrogen and oxygen atoms in total. The van der Waals surface area contributed by atoms with Gasteiger partial charge in [-0.1, -0.05) is 206 Å². The van der Waals surface area contributed by atoms with Crippen LogP contribution in [0.1, 0.15) is 233 Å². The van der Waals surface area contributed by atoms with Crippen molar-refractivity contribution in [1.29, 1.82) is 0 Å². The van der Waals surface area contributed by atoms with Gasteiger partial charge in [-0.3, -0.25) is 0 Å². The van der Waals surface area contributed by atoms with Gasteiger partial charge in [-0.15, -0.1) is 12.4 Å². The van der Waals surface area contributed by atoms with E-state index in [2.05, 4.69) is 33.0 Å². The average molecular weight is 587 g/mol. The predicted molar refractivity (Wildman–Crippen MR) is 188 cm³/mol. The van der Waals surface area contributed by atoms with Crippen molar-refractivity contribution < 1.29 is 0 Å². The minimum atomic E-state index is 0. The maximum Gasteiger partial charge on any atom is 0.00412 e. The highest BCUT2D eigenvalue weighted by Gasteiger charge is 2.07. The maximum absolute atomic E-state index is 3.88. The van der Waals surface area contributed by atoms with Crippen LogP contribution in [0.3, 0.4) is 0 Å². The molecule has 0 rings (SSSR count). The van der Waals surface area contributed by atoms with Crippen LogP contribution in [0, 0.1) is 0 Å². The summed E-state index contributed by atoms with van der Waals surface area (Å²) >= 11 is 0. The molecule has 244 valence electrons. The fourth-order valence-corrected chi connectivity index (χ4v) is 6.30. The largest absolute Gasteiger partial charge is 0.312 e. The van der Waals surface area contributed by atoms with Crippen LogP contribution in [-0.2, 0) is 0 Å². The Kier molecular flexibility index (Phi) is 39.5. The molecule has 0 aliphatic rings. The van der Waals surface area contributed by atoms with Crippen LogP contribution in [0.5, 0.6) is 0 Å². The molecule has 0 aromatic carbocycles. The molecule has 0 aliphatic carbocycles. The molecule has 2 atom stereocenters. The van der Waals surface area contributed by atoms with Crippen molar-refractivity contribution in [2.75, 3.05) is 0 Å². The fraction of sp³-hybridized carbons (Fsp3) is 1.00. The Balaban J connectivity index is 0. The Morgan fingerprint density at radius 1 is 0.300 bits per heavy atom. The van der Waals surface area contributed by atoms with E-state index in [9.17, 15) is 0 Å². The van der Waals surface area contributed by atoms with Crippen LogP contribution < -0.4 is 5.32 Å². The molecule has 0 fully saturated rings. The van der Waals surface area contributed by atoms with Crippen LogP contribution in [-0.4, -0.2) is 12.1 Å². The zero-order valence-electron chi connectivity index (χ0n) is 28.7. The summed E-state index contributed by atoms with van der Waals surface area (Å²) in [5.74, 6) is 0. The Hall–Kier alpha value is 0.250. The van der Waals surface area contributed by atoms with Crippen LogP contribution in [0.2, 0.25) is 0 Å². The summed E-state index contributed by atoms with van der Waals surface area (Å²) in [7, 11) is 0. The van der Waals surface area contributed by atoms with Crippen molar-refractivity contribution >= 4 is 12.4 Å². The molecule has 2 unspecified atom stereocenters. The smallest absolute Gasteiger partial charge is 0.00412 e. The molecule has 0 aliphatic heterocycles. The first-order valence-electron chi connectivity index (χ1n) is 19.0. The zero-order chi connectivity index (χ0) is 28.5. The van der Waals surface area contributed by atoms with E-state index in [-0.39, 0.29) is 12.4 Å². The lowest BCUT2D eigenvalue weighted by atomic mass is 10.0. The summed E-state index contributed by atoms with van der Waals surface area (Å²) in [6.07, 6.45) is 46.5. The van der Waals surface area contributed by atoms with E-state index in [0.717, 1.165) is 0 Å². The topological polar surface area (TPSA) is 12.0 Å². The van der Waals surface area contributed by atoms with E-state index in [1.807, 2.05) is 0 Å². The van der Waals surface area contributed by atoms with Gasteiger partial charge in [0, 0.05) is 12.1 Å². The second-order valence-electron chi connectivity index (χ2n) is 13.4. The van der Waals surface area contributed by atoms with Gasteiger partial charge in [-0.25, -0.2) is 0 Å². The molecule has 0 aromatic rings. The summed E-state index contributed by atoms with van der Waals surface area (Å²) < 4.78 is 0. The van der Waals surface area contributed by atoms with Gasteiger partial charge in [-0.2, -0.15) is 0 Å². The van der Waals surface area contributed by atoms with Crippen LogP contribution >= 0.6 is 12.4 Å². The van der Waals surface area contributed by atoms with Gasteiger partial charge in [0.1, 0.15) is 0 Å². The third-order valence-corrected chi connectivity index (χ3v) is 9.05. The van der Waals surface area contributed by atoms with E-state index in [4.69, 9.17) is 0 Å². The molecular weight excluding hydrogens is 506 g/mol. The molecule has 1 N–H and O–H groups in total. The minimum Gasteiger partial charge on any atom is -0.312 e. The first-order chi connectivity index (χ1) is 19.2. The third-order valence-electron chi connectivity index (χ3n) is 9.05. The molecule has 2 heteroatoms. The van der Waals surface area contributed by atoms with Gasteiger partial charge >= 0.3 is 0 Å². The SMILES string of the molecule is CCCCCCCCCCCCCCCCCC(C)NC(C)CCCCCCCCCCCCCCCCC.Cl. The predicted octanol–water partition coefficient (Wildman–Crippen LogP) is 14.3. The van der Waals surface area contributed by atoms with Gasteiger partial charge < -0.3 is 5.32 Å². The number of hydrogen-bond acceptors (Lipinski definition) is 1. The number of hydrogen-bond donors (Lipinski definition) is 1. The van der Waals surface area contributed by atoms with Gasteiger partial charge in [0.15, 0.2) is 0 Å². The second-order valence-corrected chi connectivity index (χ2v) is 13.4. The highest BCUT2D eigenvalue weighted by molar-refractivity contribution is 5.85. The van der Waals surface area contributed by atoms with E-state index >= 15 is 0 Å². The summed E-state index contributed by atoms with van der Waals surface area (Å²) in [6, 6.07) is 1.39. The Morgan fingerprint density at radius 3 is 0.675 bits per heavy atom. The molecule has 0 saturated heterocycles. The Labute approximate surface area is 262 Å². The summed E-state index contributed by atoms with van der Waals surface area (Å²) in [5.41, 5.74) is 0. The summed E-state index contributed by atoms with van der Waals surface area (Å²) in [5, 5.41) is 3.88. The molecular formula is C38H80ClN. The lowest BCUT2D eigenvalue weighted by molar-refractivity contribution is 0.402. The molecule has 0 bridgehead atoms. The number of halogens is 1.